The molecule has 3 rings (SSSR count). The van der Waals surface area contributed by atoms with Gasteiger partial charge in [-0.25, -0.2) is 0 Å². The Hall–Kier alpha value is -3.16. The molecule has 1 aliphatic heterocycles. The number of methoxy groups -OCH3 is 1. The molecule has 0 bridgehead atoms. The summed E-state index contributed by atoms with van der Waals surface area (Å²) < 4.78 is 16.1. The molecular weight excluding hydrogens is 360 g/mol. The van der Waals surface area contributed by atoms with Crippen molar-refractivity contribution in [3.05, 3.63) is 48.4 Å². The van der Waals surface area contributed by atoms with Crippen molar-refractivity contribution in [2.75, 3.05) is 53.5 Å². The van der Waals surface area contributed by atoms with Gasteiger partial charge in [-0.05, 0) is 36.4 Å². The fraction of sp³-hybridized carbons (Fsp3) is 0.400. The third-order valence-electron chi connectivity index (χ3n) is 4.52. The number of nitrogens with zero attached hydrogens (tertiary/aromatic N) is 3. The molecule has 8 heteroatoms. The van der Waals surface area contributed by atoms with E-state index >= 15 is 0 Å². The number of hydrogen-bond acceptors (Lipinski definition) is 5. The number of carbonyl (C=O) groups is 1. The van der Waals surface area contributed by atoms with Gasteiger partial charge >= 0.3 is 0 Å². The van der Waals surface area contributed by atoms with E-state index in [-0.39, 0.29) is 5.91 Å². The molecule has 150 valence electrons. The van der Waals surface area contributed by atoms with Crippen LogP contribution in [-0.4, -0.2) is 75.2 Å². The molecule has 1 fully saturated rings. The number of piperazine rings is 1. The topological polar surface area (TPSA) is 79.5 Å². The van der Waals surface area contributed by atoms with Gasteiger partial charge in [0.1, 0.15) is 18.1 Å². The molecule has 0 aliphatic carbocycles. The first kappa shape index (κ1) is 19.6. The van der Waals surface area contributed by atoms with Crippen molar-refractivity contribution in [1.82, 2.24) is 15.1 Å². The third kappa shape index (κ3) is 4.97. The van der Waals surface area contributed by atoms with E-state index in [0.29, 0.717) is 45.1 Å². The molecule has 1 aliphatic rings. The van der Waals surface area contributed by atoms with E-state index in [1.807, 2.05) is 24.3 Å². The minimum atomic E-state index is -0.0690. The molecule has 0 unspecified atom stereocenters. The predicted octanol–water partition coefficient (Wildman–Crippen LogP) is 1.70. The van der Waals surface area contributed by atoms with Gasteiger partial charge in [0, 0.05) is 33.2 Å². The van der Waals surface area contributed by atoms with E-state index in [1.54, 1.807) is 31.2 Å². The maximum absolute atomic E-state index is 12.3. The summed E-state index contributed by atoms with van der Waals surface area (Å²) in [6.07, 6.45) is 1.52. The summed E-state index contributed by atoms with van der Waals surface area (Å²) in [4.78, 5) is 20.6. The van der Waals surface area contributed by atoms with Crippen LogP contribution in [0, 0.1) is 0 Å². The number of ether oxygens (including phenoxy) is 2. The molecule has 1 aromatic carbocycles. The van der Waals surface area contributed by atoms with Crippen molar-refractivity contribution in [1.29, 1.82) is 0 Å². The van der Waals surface area contributed by atoms with Crippen molar-refractivity contribution < 1.29 is 18.7 Å². The molecular formula is C20H26N4O4. The van der Waals surface area contributed by atoms with Gasteiger partial charge in [-0.1, -0.05) is 0 Å². The highest BCUT2D eigenvalue weighted by molar-refractivity contribution is 5.91. The Labute approximate surface area is 164 Å². The zero-order chi connectivity index (χ0) is 19.8. The van der Waals surface area contributed by atoms with Crippen LogP contribution in [0.15, 0.2) is 52.1 Å². The molecule has 0 atom stereocenters. The summed E-state index contributed by atoms with van der Waals surface area (Å²) in [5.74, 6) is 2.72. The summed E-state index contributed by atoms with van der Waals surface area (Å²) in [7, 11) is 3.39. The normalized spacial score (nSPS) is 14.7. The summed E-state index contributed by atoms with van der Waals surface area (Å²) in [6.45, 7) is 3.83. The molecule has 1 saturated heterocycles. The van der Waals surface area contributed by atoms with Gasteiger partial charge in [-0.2, -0.15) is 0 Å². The van der Waals surface area contributed by atoms with Gasteiger partial charge in [-0.15, -0.1) is 0 Å². The fourth-order valence-corrected chi connectivity index (χ4v) is 3.01. The molecule has 8 nitrogen and oxygen atoms in total. The first-order chi connectivity index (χ1) is 13.7. The Balaban J connectivity index is 1.40. The van der Waals surface area contributed by atoms with Gasteiger partial charge in [-0.3, -0.25) is 9.79 Å². The standard InChI is InChI=1S/C20H26N4O4/c1-21-20(22-9-15-27-17-7-5-16(26-2)6-8-17)24-12-10-23(11-13-24)19(25)18-4-3-14-28-18/h3-8,14H,9-13,15H2,1-2H3,(H,21,22). The van der Waals surface area contributed by atoms with Crippen molar-refractivity contribution in [3.8, 4) is 11.5 Å². The second-order valence-electron chi connectivity index (χ2n) is 6.25. The lowest BCUT2D eigenvalue weighted by Gasteiger charge is -2.36. The van der Waals surface area contributed by atoms with Crippen LogP contribution >= 0.6 is 0 Å². The monoisotopic (exact) mass is 386 g/mol. The van der Waals surface area contributed by atoms with Crippen LogP contribution < -0.4 is 14.8 Å². The molecule has 0 saturated carbocycles. The van der Waals surface area contributed by atoms with Crippen molar-refractivity contribution in [3.63, 3.8) is 0 Å². The first-order valence-corrected chi connectivity index (χ1v) is 9.26. The first-order valence-electron chi connectivity index (χ1n) is 9.26. The van der Waals surface area contributed by atoms with Crippen LogP contribution in [0.1, 0.15) is 10.6 Å². The smallest absolute Gasteiger partial charge is 0.289 e. The largest absolute Gasteiger partial charge is 0.497 e. The lowest BCUT2D eigenvalue weighted by molar-refractivity contribution is 0.0657. The van der Waals surface area contributed by atoms with Crippen LogP contribution in [0.3, 0.4) is 0 Å². The Kier molecular flexibility index (Phi) is 6.78. The van der Waals surface area contributed by atoms with Crippen LogP contribution in [0.2, 0.25) is 0 Å². The Morgan fingerprint density at radius 2 is 1.79 bits per heavy atom. The van der Waals surface area contributed by atoms with E-state index in [4.69, 9.17) is 13.9 Å². The average molecular weight is 386 g/mol. The molecule has 1 aromatic heterocycles. The van der Waals surface area contributed by atoms with E-state index in [2.05, 4.69) is 15.2 Å². The molecule has 1 N–H and O–H groups in total. The number of nitrogens with one attached hydrogen (secondary N) is 1. The SMILES string of the molecule is CN=C(NCCOc1ccc(OC)cc1)N1CCN(C(=O)c2ccco2)CC1. The summed E-state index contributed by atoms with van der Waals surface area (Å²) in [5, 5.41) is 3.31. The second-order valence-corrected chi connectivity index (χ2v) is 6.25. The highest BCUT2D eigenvalue weighted by Crippen LogP contribution is 2.16. The van der Waals surface area contributed by atoms with E-state index in [1.165, 1.54) is 6.26 Å². The molecule has 0 spiro atoms. The van der Waals surface area contributed by atoms with Crippen LogP contribution in [-0.2, 0) is 0 Å². The summed E-state index contributed by atoms with van der Waals surface area (Å²) >= 11 is 0. The number of hydrogen-bond donors (Lipinski definition) is 1. The number of aliphatic imine (C=N–C) groups is 1. The predicted molar refractivity (Wildman–Crippen MR) is 106 cm³/mol. The zero-order valence-corrected chi connectivity index (χ0v) is 16.3. The van der Waals surface area contributed by atoms with Crippen LogP contribution in [0.25, 0.3) is 0 Å². The summed E-state index contributed by atoms with van der Waals surface area (Å²) in [6, 6.07) is 10.9. The lowest BCUT2D eigenvalue weighted by Crippen LogP contribution is -2.54. The minimum absolute atomic E-state index is 0.0690. The number of rotatable bonds is 6. The number of guanidine groups is 1. The van der Waals surface area contributed by atoms with Crippen molar-refractivity contribution in [2.45, 2.75) is 0 Å². The van der Waals surface area contributed by atoms with Gasteiger partial charge in [0.2, 0.25) is 0 Å². The van der Waals surface area contributed by atoms with Crippen molar-refractivity contribution in [2.24, 2.45) is 4.99 Å². The molecule has 2 aromatic rings. The zero-order valence-electron chi connectivity index (χ0n) is 16.3. The van der Waals surface area contributed by atoms with Gasteiger partial charge in [0.15, 0.2) is 11.7 Å². The highest BCUT2D eigenvalue weighted by Gasteiger charge is 2.25. The number of furan rings is 1. The summed E-state index contributed by atoms with van der Waals surface area (Å²) in [5.41, 5.74) is 0. The molecule has 28 heavy (non-hydrogen) atoms. The van der Waals surface area contributed by atoms with Gasteiger partial charge in [0.25, 0.3) is 5.91 Å². The van der Waals surface area contributed by atoms with E-state index in [9.17, 15) is 4.79 Å². The second kappa shape index (κ2) is 9.68. The molecule has 1 amide bonds. The number of carbonyl (C=O) groups excluding carboxylic acids is 1. The Bertz CT molecular complexity index is 766. The highest BCUT2D eigenvalue weighted by atomic mass is 16.5. The number of benzene rings is 1. The average Bonchev–Trinajstić information content (AvgIpc) is 3.29. The number of amides is 1. The molecule has 0 radical (unpaired) electrons. The van der Waals surface area contributed by atoms with Gasteiger partial charge in [0.05, 0.1) is 19.9 Å². The Morgan fingerprint density at radius 3 is 2.39 bits per heavy atom. The van der Waals surface area contributed by atoms with E-state index < -0.39 is 0 Å². The maximum atomic E-state index is 12.3. The third-order valence-corrected chi connectivity index (χ3v) is 4.52. The maximum Gasteiger partial charge on any atom is 0.289 e. The van der Waals surface area contributed by atoms with Crippen molar-refractivity contribution >= 4 is 11.9 Å². The van der Waals surface area contributed by atoms with Gasteiger partial charge < -0.3 is 29.0 Å². The lowest BCUT2D eigenvalue weighted by atomic mass is 10.3. The van der Waals surface area contributed by atoms with Crippen LogP contribution in [0.4, 0.5) is 0 Å². The van der Waals surface area contributed by atoms with E-state index in [0.717, 1.165) is 17.5 Å². The van der Waals surface area contributed by atoms with Crippen LogP contribution in [0.5, 0.6) is 11.5 Å². The Morgan fingerprint density at radius 1 is 1.11 bits per heavy atom. The fourth-order valence-electron chi connectivity index (χ4n) is 3.01. The quantitative estimate of drug-likeness (QED) is 0.463. The minimum Gasteiger partial charge on any atom is -0.497 e. The molecule has 2 heterocycles.